The molecule has 4 rings (SSSR count). The summed E-state index contributed by atoms with van der Waals surface area (Å²) in [5.74, 6) is 1.79. The molecule has 0 amide bonds. The molecular weight excluding hydrogens is 290 g/mol. The van der Waals surface area contributed by atoms with Gasteiger partial charge < -0.3 is 9.64 Å². The van der Waals surface area contributed by atoms with Crippen LogP contribution >= 0.6 is 11.6 Å². The lowest BCUT2D eigenvalue weighted by Gasteiger charge is -2.30. The smallest absolute Gasteiger partial charge is 0.159 e. The van der Waals surface area contributed by atoms with Gasteiger partial charge in [-0.2, -0.15) is 0 Å². The molecule has 3 heterocycles. The van der Waals surface area contributed by atoms with Gasteiger partial charge in [0.05, 0.1) is 18.9 Å². The Balaban J connectivity index is 1.86. The molecule has 21 heavy (non-hydrogen) atoms. The molecule has 0 bridgehead atoms. The molecule has 7 heteroatoms. The van der Waals surface area contributed by atoms with E-state index < -0.39 is 0 Å². The van der Waals surface area contributed by atoms with Gasteiger partial charge in [0, 0.05) is 23.7 Å². The summed E-state index contributed by atoms with van der Waals surface area (Å²) in [6, 6.07) is 5.83. The highest BCUT2D eigenvalue weighted by atomic mass is 35.5. The summed E-state index contributed by atoms with van der Waals surface area (Å²) in [4.78, 5) is 7.00. The Labute approximate surface area is 127 Å². The minimum Gasteiger partial charge on any atom is -0.378 e. The molecule has 1 aromatic carbocycles. The molecular formula is C14H14ClN5O. The second kappa shape index (κ2) is 5.13. The number of morpholine rings is 1. The van der Waals surface area contributed by atoms with Gasteiger partial charge in [0.25, 0.3) is 0 Å². The first-order chi connectivity index (χ1) is 10.3. The molecule has 2 aromatic rings. The number of hydrogen-bond acceptors (Lipinski definition) is 5. The van der Waals surface area contributed by atoms with Crippen LogP contribution in [0.1, 0.15) is 11.4 Å². The van der Waals surface area contributed by atoms with Crippen molar-refractivity contribution in [1.82, 2.24) is 19.7 Å². The lowest BCUT2D eigenvalue weighted by molar-refractivity contribution is 0.0682. The third kappa shape index (κ3) is 2.20. The zero-order valence-electron chi connectivity index (χ0n) is 11.4. The molecule has 0 unspecified atom stereocenters. The molecule has 2 aliphatic rings. The Morgan fingerprint density at radius 1 is 1.19 bits per heavy atom. The van der Waals surface area contributed by atoms with E-state index in [2.05, 4.69) is 15.1 Å². The number of benzene rings is 1. The third-order valence-corrected chi connectivity index (χ3v) is 3.99. The van der Waals surface area contributed by atoms with Crippen LogP contribution in [0.2, 0.25) is 5.02 Å². The van der Waals surface area contributed by atoms with E-state index in [1.165, 1.54) is 0 Å². The molecule has 0 saturated carbocycles. The van der Waals surface area contributed by atoms with E-state index in [4.69, 9.17) is 21.3 Å². The minimum absolute atomic E-state index is 0.513. The van der Waals surface area contributed by atoms with Crippen LogP contribution in [0.5, 0.6) is 0 Å². The van der Waals surface area contributed by atoms with Gasteiger partial charge in [-0.05, 0) is 18.2 Å². The Hall–Kier alpha value is -1.92. The Morgan fingerprint density at radius 3 is 2.90 bits per heavy atom. The first-order valence-electron chi connectivity index (χ1n) is 6.89. The molecule has 6 nitrogen and oxygen atoms in total. The van der Waals surface area contributed by atoms with Crippen LogP contribution in [0, 0.1) is 0 Å². The molecule has 0 N–H and O–H groups in total. The zero-order valence-corrected chi connectivity index (χ0v) is 12.1. The Bertz CT molecular complexity index is 705. The lowest BCUT2D eigenvalue weighted by atomic mass is 10.1. The van der Waals surface area contributed by atoms with E-state index >= 15 is 0 Å². The quantitative estimate of drug-likeness (QED) is 0.740. The molecule has 0 atom stereocenters. The summed E-state index contributed by atoms with van der Waals surface area (Å²) in [6.07, 6.45) is 1.72. The van der Waals surface area contributed by atoms with Crippen molar-refractivity contribution in [2.45, 2.75) is 6.54 Å². The molecule has 0 spiro atoms. The lowest BCUT2D eigenvalue weighted by Crippen LogP contribution is -2.41. The number of rotatable bonds is 0. The summed E-state index contributed by atoms with van der Waals surface area (Å²) in [7, 11) is 0. The number of aromatic nitrogens is 3. The van der Waals surface area contributed by atoms with Crippen LogP contribution in [0.25, 0.3) is 5.69 Å². The van der Waals surface area contributed by atoms with E-state index in [1.807, 2.05) is 22.8 Å². The Kier molecular flexibility index (Phi) is 3.12. The number of halogens is 1. The second-order valence-electron chi connectivity index (χ2n) is 5.02. The van der Waals surface area contributed by atoms with Crippen LogP contribution in [0.15, 0.2) is 29.5 Å². The van der Waals surface area contributed by atoms with Crippen molar-refractivity contribution in [2.24, 2.45) is 4.99 Å². The molecule has 0 aliphatic carbocycles. The predicted molar refractivity (Wildman–Crippen MR) is 79.0 cm³/mol. The first kappa shape index (κ1) is 12.8. The van der Waals surface area contributed by atoms with Crippen LogP contribution in [-0.4, -0.2) is 51.8 Å². The van der Waals surface area contributed by atoms with Gasteiger partial charge in [0.15, 0.2) is 5.82 Å². The fraction of sp³-hybridized carbons (Fsp3) is 0.357. The maximum atomic E-state index is 6.20. The molecule has 1 saturated heterocycles. The van der Waals surface area contributed by atoms with E-state index in [0.717, 1.165) is 49.2 Å². The van der Waals surface area contributed by atoms with Gasteiger partial charge in [0.2, 0.25) is 0 Å². The van der Waals surface area contributed by atoms with E-state index in [-0.39, 0.29) is 0 Å². The summed E-state index contributed by atoms with van der Waals surface area (Å²) in [5.41, 5.74) is 2.03. The van der Waals surface area contributed by atoms with Crippen LogP contribution in [0.4, 0.5) is 0 Å². The van der Waals surface area contributed by atoms with Gasteiger partial charge in [-0.15, -0.1) is 10.2 Å². The molecule has 2 aliphatic heterocycles. The van der Waals surface area contributed by atoms with E-state index in [1.54, 1.807) is 6.33 Å². The van der Waals surface area contributed by atoms with Crippen molar-refractivity contribution in [3.8, 4) is 5.69 Å². The maximum Gasteiger partial charge on any atom is 0.159 e. The zero-order chi connectivity index (χ0) is 14.2. The van der Waals surface area contributed by atoms with Gasteiger partial charge in [-0.25, -0.2) is 0 Å². The largest absolute Gasteiger partial charge is 0.378 e. The average Bonchev–Trinajstić information content (AvgIpc) is 2.92. The highest BCUT2D eigenvalue weighted by Crippen LogP contribution is 2.25. The van der Waals surface area contributed by atoms with Gasteiger partial charge in [0.1, 0.15) is 18.7 Å². The van der Waals surface area contributed by atoms with Crippen molar-refractivity contribution in [3.63, 3.8) is 0 Å². The van der Waals surface area contributed by atoms with Crippen LogP contribution < -0.4 is 0 Å². The normalized spacial score (nSPS) is 17.8. The van der Waals surface area contributed by atoms with Crippen LogP contribution in [-0.2, 0) is 11.3 Å². The first-order valence-corrected chi connectivity index (χ1v) is 7.27. The summed E-state index contributed by atoms with van der Waals surface area (Å²) >= 11 is 6.20. The number of fused-ring (bicyclic) bond motifs is 3. The third-order valence-electron chi connectivity index (χ3n) is 3.76. The van der Waals surface area contributed by atoms with Gasteiger partial charge in [-0.3, -0.25) is 9.56 Å². The molecule has 108 valence electrons. The second-order valence-corrected chi connectivity index (χ2v) is 5.45. The van der Waals surface area contributed by atoms with Crippen molar-refractivity contribution in [2.75, 3.05) is 26.3 Å². The topological polar surface area (TPSA) is 55.5 Å². The number of nitrogens with zero attached hydrogens (tertiary/aromatic N) is 5. The number of aliphatic imine (C=N–C) groups is 1. The molecule has 0 radical (unpaired) electrons. The number of hydrogen-bond donors (Lipinski definition) is 0. The minimum atomic E-state index is 0.513. The number of ether oxygens (including phenoxy) is 1. The monoisotopic (exact) mass is 303 g/mol. The van der Waals surface area contributed by atoms with Crippen molar-refractivity contribution < 1.29 is 4.74 Å². The van der Waals surface area contributed by atoms with Crippen LogP contribution in [0.3, 0.4) is 0 Å². The van der Waals surface area contributed by atoms with E-state index in [9.17, 15) is 0 Å². The predicted octanol–water partition coefficient (Wildman–Crippen LogP) is 1.51. The van der Waals surface area contributed by atoms with Crippen molar-refractivity contribution >= 4 is 17.4 Å². The standard InChI is InChI=1S/C14H14ClN5O/c15-10-1-2-12-11(7-10)14(19-3-5-21-6-4-19)16-8-13-18-17-9-20(12)13/h1-2,7,9H,3-6,8H2. The summed E-state index contributed by atoms with van der Waals surface area (Å²) < 4.78 is 7.40. The Morgan fingerprint density at radius 2 is 2.05 bits per heavy atom. The SMILES string of the molecule is Clc1ccc2c(c1)C(N1CCOCC1)=NCc1nncn1-2. The number of amidine groups is 1. The maximum absolute atomic E-state index is 6.20. The average molecular weight is 304 g/mol. The molecule has 1 aromatic heterocycles. The summed E-state index contributed by atoms with van der Waals surface area (Å²) in [5, 5.41) is 8.83. The summed E-state index contributed by atoms with van der Waals surface area (Å²) in [6.45, 7) is 3.64. The van der Waals surface area contributed by atoms with Gasteiger partial charge in [-0.1, -0.05) is 11.6 Å². The highest BCUT2D eigenvalue weighted by Gasteiger charge is 2.24. The van der Waals surface area contributed by atoms with Crippen molar-refractivity contribution in [3.05, 3.63) is 40.9 Å². The fourth-order valence-corrected chi connectivity index (χ4v) is 2.91. The van der Waals surface area contributed by atoms with Crippen molar-refractivity contribution in [1.29, 1.82) is 0 Å². The molecule has 1 fully saturated rings. The van der Waals surface area contributed by atoms with E-state index in [0.29, 0.717) is 11.6 Å². The fourth-order valence-electron chi connectivity index (χ4n) is 2.74. The van der Waals surface area contributed by atoms with Gasteiger partial charge >= 0.3 is 0 Å². The highest BCUT2D eigenvalue weighted by molar-refractivity contribution is 6.31.